The number of likely N-dealkylation sites (tertiary alicyclic amines) is 1. The van der Waals surface area contributed by atoms with Crippen molar-refractivity contribution in [2.24, 2.45) is 0 Å². The number of carbonyl (C=O) groups is 2. The van der Waals surface area contributed by atoms with Crippen molar-refractivity contribution in [3.8, 4) is 11.5 Å². The number of piperidine rings is 1. The second-order valence-electron chi connectivity index (χ2n) is 7.57. The highest BCUT2D eigenvalue weighted by molar-refractivity contribution is 6.30. The zero-order chi connectivity index (χ0) is 22.2. The van der Waals surface area contributed by atoms with Crippen LogP contribution in [0.15, 0.2) is 42.5 Å². The first-order valence-corrected chi connectivity index (χ1v) is 11.1. The van der Waals surface area contributed by atoms with Gasteiger partial charge in [0.05, 0.1) is 12.6 Å². The Balaban J connectivity index is 1.65. The molecular formula is C24H29ClN2O4. The molecule has 6 nitrogen and oxygen atoms in total. The molecule has 166 valence electrons. The van der Waals surface area contributed by atoms with Crippen LogP contribution in [0.4, 0.5) is 0 Å². The molecule has 2 amide bonds. The highest BCUT2D eigenvalue weighted by Crippen LogP contribution is 2.29. The number of halogens is 1. The Morgan fingerprint density at radius 2 is 1.74 bits per heavy atom. The number of hydrogen-bond donors (Lipinski definition) is 1. The van der Waals surface area contributed by atoms with E-state index >= 15 is 0 Å². The Morgan fingerprint density at radius 1 is 1.03 bits per heavy atom. The van der Waals surface area contributed by atoms with Crippen molar-refractivity contribution >= 4 is 23.4 Å². The predicted molar refractivity (Wildman–Crippen MR) is 121 cm³/mol. The number of hydrogen-bond acceptors (Lipinski definition) is 4. The van der Waals surface area contributed by atoms with Crippen molar-refractivity contribution in [2.75, 3.05) is 26.3 Å². The SMILES string of the molecule is CCOc1cc(C(=O)NC(C)c2ccc(Cl)cc2)ccc1OCC(=O)N1CCCCC1. The van der Waals surface area contributed by atoms with Gasteiger partial charge in [-0.05, 0) is 69.0 Å². The van der Waals surface area contributed by atoms with Crippen LogP contribution < -0.4 is 14.8 Å². The molecule has 2 aromatic carbocycles. The lowest BCUT2D eigenvalue weighted by Gasteiger charge is -2.26. The van der Waals surface area contributed by atoms with Gasteiger partial charge in [0.25, 0.3) is 11.8 Å². The van der Waals surface area contributed by atoms with Gasteiger partial charge in [-0.25, -0.2) is 0 Å². The Labute approximate surface area is 188 Å². The third-order valence-electron chi connectivity index (χ3n) is 5.28. The van der Waals surface area contributed by atoms with Gasteiger partial charge >= 0.3 is 0 Å². The normalized spacial score (nSPS) is 14.6. The third-order valence-corrected chi connectivity index (χ3v) is 5.54. The molecule has 0 bridgehead atoms. The molecule has 1 fully saturated rings. The maximum atomic E-state index is 12.7. The lowest BCUT2D eigenvalue weighted by Crippen LogP contribution is -2.38. The fraction of sp³-hybridized carbons (Fsp3) is 0.417. The van der Waals surface area contributed by atoms with Gasteiger partial charge < -0.3 is 19.7 Å². The predicted octanol–water partition coefficient (Wildman–Crippen LogP) is 4.62. The number of benzene rings is 2. The van der Waals surface area contributed by atoms with E-state index in [9.17, 15) is 9.59 Å². The molecular weight excluding hydrogens is 416 g/mol. The molecule has 1 saturated heterocycles. The Hall–Kier alpha value is -2.73. The summed E-state index contributed by atoms with van der Waals surface area (Å²) in [6.07, 6.45) is 3.24. The minimum atomic E-state index is -0.223. The zero-order valence-electron chi connectivity index (χ0n) is 18.0. The van der Waals surface area contributed by atoms with Gasteiger partial charge in [0, 0.05) is 23.7 Å². The first-order chi connectivity index (χ1) is 15.0. The van der Waals surface area contributed by atoms with E-state index in [1.165, 1.54) is 6.42 Å². The van der Waals surface area contributed by atoms with Gasteiger partial charge in [0.15, 0.2) is 18.1 Å². The molecule has 1 atom stereocenters. The zero-order valence-corrected chi connectivity index (χ0v) is 18.8. The summed E-state index contributed by atoms with van der Waals surface area (Å²) in [5.41, 5.74) is 1.41. The summed E-state index contributed by atoms with van der Waals surface area (Å²) < 4.78 is 11.4. The molecule has 0 aliphatic carbocycles. The number of ether oxygens (including phenoxy) is 2. The smallest absolute Gasteiger partial charge is 0.260 e. The average molecular weight is 445 g/mol. The fourth-order valence-electron chi connectivity index (χ4n) is 3.53. The fourth-order valence-corrected chi connectivity index (χ4v) is 3.65. The van der Waals surface area contributed by atoms with Crippen LogP contribution in [0, 0.1) is 0 Å². The highest BCUT2D eigenvalue weighted by atomic mass is 35.5. The van der Waals surface area contributed by atoms with Crippen LogP contribution in [0.2, 0.25) is 5.02 Å². The highest BCUT2D eigenvalue weighted by Gasteiger charge is 2.19. The lowest BCUT2D eigenvalue weighted by atomic mass is 10.1. The van der Waals surface area contributed by atoms with E-state index in [0.717, 1.165) is 31.5 Å². The molecule has 1 heterocycles. The molecule has 0 spiro atoms. The van der Waals surface area contributed by atoms with Crippen LogP contribution in [0.25, 0.3) is 0 Å². The minimum Gasteiger partial charge on any atom is -0.490 e. The molecule has 3 rings (SSSR count). The minimum absolute atomic E-state index is 0.0271. The van der Waals surface area contributed by atoms with Gasteiger partial charge in [-0.15, -0.1) is 0 Å². The molecule has 1 N–H and O–H groups in total. The average Bonchev–Trinajstić information content (AvgIpc) is 2.79. The van der Waals surface area contributed by atoms with Crippen LogP contribution in [0.5, 0.6) is 11.5 Å². The summed E-state index contributed by atoms with van der Waals surface area (Å²) in [6.45, 7) is 5.71. The van der Waals surface area contributed by atoms with Crippen molar-refractivity contribution in [2.45, 2.75) is 39.2 Å². The number of amides is 2. The Morgan fingerprint density at radius 3 is 2.42 bits per heavy atom. The molecule has 1 aliphatic rings. The summed E-state index contributed by atoms with van der Waals surface area (Å²) >= 11 is 5.93. The lowest BCUT2D eigenvalue weighted by molar-refractivity contribution is -0.134. The maximum Gasteiger partial charge on any atom is 0.260 e. The quantitative estimate of drug-likeness (QED) is 0.645. The number of carbonyl (C=O) groups excluding carboxylic acids is 2. The number of nitrogens with zero attached hydrogens (tertiary/aromatic N) is 1. The molecule has 0 saturated carbocycles. The monoisotopic (exact) mass is 444 g/mol. The van der Waals surface area contributed by atoms with Crippen LogP contribution in [0.3, 0.4) is 0 Å². The van der Waals surface area contributed by atoms with E-state index in [1.54, 1.807) is 30.3 Å². The van der Waals surface area contributed by atoms with Crippen molar-refractivity contribution in [1.29, 1.82) is 0 Å². The first kappa shape index (κ1) is 22.9. The summed E-state index contributed by atoms with van der Waals surface area (Å²) in [4.78, 5) is 27.0. The van der Waals surface area contributed by atoms with Gasteiger partial charge in [-0.2, -0.15) is 0 Å². The molecule has 1 unspecified atom stereocenters. The largest absolute Gasteiger partial charge is 0.490 e. The van der Waals surface area contributed by atoms with E-state index in [0.29, 0.717) is 28.7 Å². The van der Waals surface area contributed by atoms with E-state index in [-0.39, 0.29) is 24.5 Å². The molecule has 0 aromatic heterocycles. The van der Waals surface area contributed by atoms with Crippen LogP contribution >= 0.6 is 11.6 Å². The van der Waals surface area contributed by atoms with Crippen molar-refractivity contribution < 1.29 is 19.1 Å². The van der Waals surface area contributed by atoms with Crippen LogP contribution in [-0.4, -0.2) is 43.0 Å². The summed E-state index contributed by atoms with van der Waals surface area (Å²) in [7, 11) is 0. The van der Waals surface area contributed by atoms with E-state index in [1.807, 2.05) is 30.9 Å². The summed E-state index contributed by atoms with van der Waals surface area (Å²) in [5, 5.41) is 3.63. The van der Waals surface area contributed by atoms with Crippen molar-refractivity contribution in [1.82, 2.24) is 10.2 Å². The van der Waals surface area contributed by atoms with Crippen molar-refractivity contribution in [3.05, 3.63) is 58.6 Å². The van der Waals surface area contributed by atoms with E-state index < -0.39 is 0 Å². The van der Waals surface area contributed by atoms with Gasteiger partial charge in [0.1, 0.15) is 0 Å². The molecule has 7 heteroatoms. The third kappa shape index (κ3) is 6.37. The van der Waals surface area contributed by atoms with E-state index in [4.69, 9.17) is 21.1 Å². The first-order valence-electron chi connectivity index (χ1n) is 10.7. The number of nitrogens with one attached hydrogen (secondary N) is 1. The van der Waals surface area contributed by atoms with Gasteiger partial charge in [-0.3, -0.25) is 9.59 Å². The van der Waals surface area contributed by atoms with Crippen molar-refractivity contribution in [3.63, 3.8) is 0 Å². The molecule has 31 heavy (non-hydrogen) atoms. The summed E-state index contributed by atoms with van der Waals surface area (Å²) in [6, 6.07) is 12.2. The molecule has 0 radical (unpaired) electrons. The standard InChI is InChI=1S/C24H29ClN2O4/c1-3-30-22-15-19(24(29)26-17(2)18-7-10-20(25)11-8-18)9-12-21(22)31-16-23(28)27-13-5-4-6-14-27/h7-12,15,17H,3-6,13-14,16H2,1-2H3,(H,26,29). The maximum absolute atomic E-state index is 12.7. The van der Waals surface area contributed by atoms with Gasteiger partial charge in [0.2, 0.25) is 0 Å². The van der Waals surface area contributed by atoms with Crippen LogP contribution in [-0.2, 0) is 4.79 Å². The second-order valence-corrected chi connectivity index (χ2v) is 8.01. The topological polar surface area (TPSA) is 67.9 Å². The Kier molecular flexibility index (Phi) is 8.18. The number of rotatable bonds is 8. The molecule has 1 aliphatic heterocycles. The Bertz CT molecular complexity index is 895. The van der Waals surface area contributed by atoms with E-state index in [2.05, 4.69) is 5.32 Å². The molecule has 2 aromatic rings. The second kappa shape index (κ2) is 11.0. The van der Waals surface area contributed by atoms with Gasteiger partial charge in [-0.1, -0.05) is 23.7 Å². The summed E-state index contributed by atoms with van der Waals surface area (Å²) in [5.74, 6) is 0.648. The van der Waals surface area contributed by atoms with Crippen LogP contribution in [0.1, 0.15) is 55.1 Å².